The van der Waals surface area contributed by atoms with E-state index in [0.717, 1.165) is 17.0 Å². The minimum absolute atomic E-state index is 0.0231. The Hall–Kier alpha value is -2.17. The predicted molar refractivity (Wildman–Crippen MR) is 72.4 cm³/mol. The predicted octanol–water partition coefficient (Wildman–Crippen LogP) is 2.71. The molecule has 0 saturated heterocycles. The molecule has 0 radical (unpaired) electrons. The number of carbonyl (C=O) groups is 1. The van der Waals surface area contributed by atoms with Crippen molar-refractivity contribution in [2.75, 3.05) is 7.05 Å². The Morgan fingerprint density at radius 3 is 2.65 bits per heavy atom. The highest BCUT2D eigenvalue weighted by Crippen LogP contribution is 2.09. The lowest BCUT2D eigenvalue weighted by Gasteiger charge is -2.15. The van der Waals surface area contributed by atoms with Gasteiger partial charge in [0.05, 0.1) is 6.54 Å². The molecule has 1 amide bonds. The molecule has 2 rings (SSSR count). The molecule has 0 fully saturated rings. The second-order valence-electron chi connectivity index (χ2n) is 4.81. The molecule has 1 aromatic heterocycles. The van der Waals surface area contributed by atoms with Crippen LogP contribution in [0.3, 0.4) is 0 Å². The van der Waals surface area contributed by atoms with Crippen molar-refractivity contribution in [2.24, 2.45) is 0 Å². The van der Waals surface area contributed by atoms with E-state index in [1.807, 2.05) is 13.0 Å². The topological polar surface area (TPSA) is 46.3 Å². The van der Waals surface area contributed by atoms with Gasteiger partial charge in [-0.3, -0.25) is 4.79 Å². The second kappa shape index (κ2) is 6.32. The minimum Gasteiger partial charge on any atom is -0.361 e. The van der Waals surface area contributed by atoms with Crippen molar-refractivity contribution in [3.8, 4) is 0 Å². The maximum absolute atomic E-state index is 12.8. The molecule has 1 aromatic carbocycles. The van der Waals surface area contributed by atoms with Gasteiger partial charge < -0.3 is 9.42 Å². The fourth-order valence-corrected chi connectivity index (χ4v) is 1.92. The monoisotopic (exact) mass is 276 g/mol. The SMILES string of the molecule is Cc1cc(CN(C)C(=O)CCc2ccc(F)cc2)no1. The quantitative estimate of drug-likeness (QED) is 0.843. The molecule has 0 unspecified atom stereocenters. The van der Waals surface area contributed by atoms with Crippen molar-refractivity contribution in [1.29, 1.82) is 0 Å². The molecule has 106 valence electrons. The lowest BCUT2D eigenvalue weighted by Crippen LogP contribution is -2.26. The smallest absolute Gasteiger partial charge is 0.222 e. The molecule has 0 aliphatic rings. The van der Waals surface area contributed by atoms with Gasteiger partial charge >= 0.3 is 0 Å². The molecule has 0 aliphatic heterocycles. The lowest BCUT2D eigenvalue weighted by atomic mass is 10.1. The van der Waals surface area contributed by atoms with Crippen LogP contribution in [0.1, 0.15) is 23.4 Å². The van der Waals surface area contributed by atoms with Crippen molar-refractivity contribution in [3.63, 3.8) is 0 Å². The Bertz CT molecular complexity index is 578. The van der Waals surface area contributed by atoms with Crippen LogP contribution in [0.2, 0.25) is 0 Å². The van der Waals surface area contributed by atoms with Gasteiger partial charge in [0.15, 0.2) is 0 Å². The molecule has 0 spiro atoms. The summed E-state index contributed by atoms with van der Waals surface area (Å²) in [4.78, 5) is 13.6. The summed E-state index contributed by atoms with van der Waals surface area (Å²) >= 11 is 0. The highest BCUT2D eigenvalue weighted by Gasteiger charge is 2.11. The van der Waals surface area contributed by atoms with Crippen LogP contribution in [-0.4, -0.2) is 23.0 Å². The summed E-state index contributed by atoms with van der Waals surface area (Å²) in [5.74, 6) is 0.487. The third-order valence-electron chi connectivity index (χ3n) is 3.04. The summed E-state index contributed by atoms with van der Waals surface area (Å²) in [7, 11) is 1.73. The van der Waals surface area contributed by atoms with Crippen LogP contribution in [0.15, 0.2) is 34.9 Å². The van der Waals surface area contributed by atoms with Gasteiger partial charge in [-0.05, 0) is 31.0 Å². The van der Waals surface area contributed by atoms with E-state index in [1.165, 1.54) is 12.1 Å². The molecule has 0 saturated carbocycles. The van der Waals surface area contributed by atoms with E-state index in [-0.39, 0.29) is 11.7 Å². The van der Waals surface area contributed by atoms with Crippen molar-refractivity contribution < 1.29 is 13.7 Å². The Balaban J connectivity index is 1.83. The number of carbonyl (C=O) groups excluding carboxylic acids is 1. The van der Waals surface area contributed by atoms with Crippen molar-refractivity contribution in [3.05, 3.63) is 53.2 Å². The lowest BCUT2D eigenvalue weighted by molar-refractivity contribution is -0.130. The first-order valence-corrected chi connectivity index (χ1v) is 6.45. The maximum atomic E-state index is 12.8. The molecule has 0 bridgehead atoms. The molecule has 2 aromatic rings. The zero-order valence-corrected chi connectivity index (χ0v) is 11.6. The maximum Gasteiger partial charge on any atom is 0.222 e. The Kier molecular flexibility index (Phi) is 4.50. The Morgan fingerprint density at radius 1 is 1.35 bits per heavy atom. The minimum atomic E-state index is -0.265. The van der Waals surface area contributed by atoms with Crippen molar-refractivity contribution in [2.45, 2.75) is 26.3 Å². The van der Waals surface area contributed by atoms with E-state index in [9.17, 15) is 9.18 Å². The number of hydrogen-bond acceptors (Lipinski definition) is 3. The van der Waals surface area contributed by atoms with E-state index in [0.29, 0.717) is 19.4 Å². The highest BCUT2D eigenvalue weighted by atomic mass is 19.1. The number of hydrogen-bond donors (Lipinski definition) is 0. The van der Waals surface area contributed by atoms with E-state index >= 15 is 0 Å². The van der Waals surface area contributed by atoms with Crippen LogP contribution in [0.5, 0.6) is 0 Å². The standard InChI is InChI=1S/C15H17FN2O2/c1-11-9-14(17-20-11)10-18(2)15(19)8-5-12-3-6-13(16)7-4-12/h3-4,6-7,9H,5,8,10H2,1-2H3. The fourth-order valence-electron chi connectivity index (χ4n) is 1.92. The van der Waals surface area contributed by atoms with E-state index in [4.69, 9.17) is 4.52 Å². The van der Waals surface area contributed by atoms with Gasteiger partial charge in [-0.25, -0.2) is 4.39 Å². The normalized spacial score (nSPS) is 10.6. The molecule has 0 N–H and O–H groups in total. The summed E-state index contributed by atoms with van der Waals surface area (Å²) in [6.45, 7) is 2.24. The van der Waals surface area contributed by atoms with Gasteiger partial charge in [-0.2, -0.15) is 0 Å². The molecule has 5 heteroatoms. The molecule has 1 heterocycles. The molecular formula is C15H17FN2O2. The van der Waals surface area contributed by atoms with E-state index in [1.54, 1.807) is 24.1 Å². The van der Waals surface area contributed by atoms with Crippen LogP contribution in [0.25, 0.3) is 0 Å². The third kappa shape index (κ3) is 3.91. The molecular weight excluding hydrogens is 259 g/mol. The molecule has 0 atom stereocenters. The number of benzene rings is 1. The number of aryl methyl sites for hydroxylation is 2. The van der Waals surface area contributed by atoms with Crippen LogP contribution < -0.4 is 0 Å². The average Bonchev–Trinajstić information content (AvgIpc) is 2.83. The average molecular weight is 276 g/mol. The van der Waals surface area contributed by atoms with Gasteiger partial charge in [0, 0.05) is 19.5 Å². The van der Waals surface area contributed by atoms with Gasteiger partial charge in [-0.1, -0.05) is 17.3 Å². The largest absolute Gasteiger partial charge is 0.361 e. The van der Waals surface area contributed by atoms with Gasteiger partial charge in [0.1, 0.15) is 17.3 Å². The second-order valence-corrected chi connectivity index (χ2v) is 4.81. The number of aromatic nitrogens is 1. The Labute approximate surface area is 117 Å². The number of nitrogens with zero attached hydrogens (tertiary/aromatic N) is 2. The van der Waals surface area contributed by atoms with Crippen LogP contribution in [0, 0.1) is 12.7 Å². The van der Waals surface area contributed by atoms with E-state index < -0.39 is 0 Å². The summed E-state index contributed by atoms with van der Waals surface area (Å²) in [5.41, 5.74) is 1.69. The summed E-state index contributed by atoms with van der Waals surface area (Å²) in [6, 6.07) is 8.01. The number of rotatable bonds is 5. The fraction of sp³-hybridized carbons (Fsp3) is 0.333. The summed E-state index contributed by atoms with van der Waals surface area (Å²) in [5, 5.41) is 3.86. The third-order valence-corrected chi connectivity index (χ3v) is 3.04. The zero-order valence-electron chi connectivity index (χ0n) is 11.6. The number of amides is 1. The molecule has 4 nitrogen and oxygen atoms in total. The first-order valence-electron chi connectivity index (χ1n) is 6.45. The van der Waals surface area contributed by atoms with Gasteiger partial charge in [0.2, 0.25) is 5.91 Å². The molecule has 0 aliphatic carbocycles. The first kappa shape index (κ1) is 14.2. The number of halogens is 1. The molecule has 20 heavy (non-hydrogen) atoms. The highest BCUT2D eigenvalue weighted by molar-refractivity contribution is 5.76. The van der Waals surface area contributed by atoms with Crippen LogP contribution in [-0.2, 0) is 17.8 Å². The van der Waals surface area contributed by atoms with Crippen molar-refractivity contribution in [1.82, 2.24) is 10.1 Å². The van der Waals surface area contributed by atoms with Gasteiger partial charge in [0.25, 0.3) is 0 Å². The van der Waals surface area contributed by atoms with Crippen LogP contribution >= 0.6 is 0 Å². The zero-order chi connectivity index (χ0) is 14.5. The summed E-state index contributed by atoms with van der Waals surface area (Å²) < 4.78 is 17.7. The van der Waals surface area contributed by atoms with Gasteiger partial charge in [-0.15, -0.1) is 0 Å². The first-order chi connectivity index (χ1) is 9.54. The summed E-state index contributed by atoms with van der Waals surface area (Å²) in [6.07, 6.45) is 0.986. The Morgan fingerprint density at radius 2 is 2.05 bits per heavy atom. The van der Waals surface area contributed by atoms with E-state index in [2.05, 4.69) is 5.16 Å². The van der Waals surface area contributed by atoms with Crippen molar-refractivity contribution >= 4 is 5.91 Å². The van der Waals surface area contributed by atoms with Crippen LogP contribution in [0.4, 0.5) is 4.39 Å².